The maximum atomic E-state index is 12.3. The SMILES string of the molecule is O=C(NCCC1CCOC12CN(C(=O)C1CCC1)C2)c1cccnc1.O=C(O)C(F)(F)F. The number of ether oxygens (including phenoxy) is 1. The smallest absolute Gasteiger partial charge is 0.475 e. The Kier molecular flexibility index (Phi) is 7.37. The number of amides is 2. The molecule has 0 aromatic carbocycles. The third-order valence-electron chi connectivity index (χ3n) is 6.23. The van der Waals surface area contributed by atoms with Crippen molar-refractivity contribution in [3.63, 3.8) is 0 Å². The second-order valence-electron chi connectivity index (χ2n) is 8.31. The summed E-state index contributed by atoms with van der Waals surface area (Å²) in [7, 11) is 0. The molecule has 1 aromatic rings. The van der Waals surface area contributed by atoms with Gasteiger partial charge in [0, 0.05) is 31.5 Å². The van der Waals surface area contributed by atoms with E-state index >= 15 is 0 Å². The zero-order valence-corrected chi connectivity index (χ0v) is 17.4. The van der Waals surface area contributed by atoms with Crippen LogP contribution in [-0.4, -0.2) is 70.8 Å². The third kappa shape index (κ3) is 5.56. The predicted octanol–water partition coefficient (Wildman–Crippen LogP) is 2.25. The summed E-state index contributed by atoms with van der Waals surface area (Å²) >= 11 is 0. The van der Waals surface area contributed by atoms with Crippen molar-refractivity contribution in [2.24, 2.45) is 11.8 Å². The number of halogens is 3. The Morgan fingerprint density at radius 2 is 1.94 bits per heavy atom. The van der Waals surface area contributed by atoms with E-state index in [0.717, 1.165) is 45.4 Å². The van der Waals surface area contributed by atoms with Crippen LogP contribution in [0, 0.1) is 11.8 Å². The molecule has 2 saturated heterocycles. The molecule has 4 rings (SSSR count). The van der Waals surface area contributed by atoms with Gasteiger partial charge in [-0.1, -0.05) is 6.42 Å². The third-order valence-corrected chi connectivity index (χ3v) is 6.23. The number of carboxylic acids is 1. The lowest BCUT2D eigenvalue weighted by Crippen LogP contribution is -2.67. The van der Waals surface area contributed by atoms with Crippen LogP contribution in [-0.2, 0) is 14.3 Å². The van der Waals surface area contributed by atoms with E-state index in [1.54, 1.807) is 24.5 Å². The summed E-state index contributed by atoms with van der Waals surface area (Å²) in [5.74, 6) is -1.86. The fourth-order valence-electron chi connectivity index (χ4n) is 4.17. The number of rotatable bonds is 5. The molecule has 1 spiro atoms. The molecule has 2 N–H and O–H groups in total. The zero-order valence-electron chi connectivity index (χ0n) is 17.4. The summed E-state index contributed by atoms with van der Waals surface area (Å²) in [5, 5.41) is 10.1. The highest BCUT2D eigenvalue weighted by molar-refractivity contribution is 5.93. The van der Waals surface area contributed by atoms with Gasteiger partial charge in [-0.25, -0.2) is 4.79 Å². The highest BCUT2D eigenvalue weighted by Gasteiger charge is 2.54. The van der Waals surface area contributed by atoms with Crippen molar-refractivity contribution < 1.29 is 37.4 Å². The number of pyridine rings is 1. The zero-order chi connectivity index (χ0) is 23.4. The molecule has 1 aromatic heterocycles. The number of hydrogen-bond donors (Lipinski definition) is 2. The van der Waals surface area contributed by atoms with Gasteiger partial charge in [0.2, 0.25) is 5.91 Å². The molecule has 2 amide bonds. The van der Waals surface area contributed by atoms with Crippen molar-refractivity contribution >= 4 is 17.8 Å². The lowest BCUT2D eigenvalue weighted by atomic mass is 9.76. The summed E-state index contributed by atoms with van der Waals surface area (Å²) in [4.78, 5) is 39.2. The van der Waals surface area contributed by atoms with E-state index in [-0.39, 0.29) is 17.4 Å². The second kappa shape index (κ2) is 9.85. The number of carbonyl (C=O) groups excluding carboxylic acids is 2. The van der Waals surface area contributed by atoms with Crippen molar-refractivity contribution in [3.8, 4) is 0 Å². The van der Waals surface area contributed by atoms with Crippen molar-refractivity contribution in [2.45, 2.75) is 43.9 Å². The minimum absolute atomic E-state index is 0.0866. The summed E-state index contributed by atoms with van der Waals surface area (Å²) in [6.07, 6.45) is 3.33. The molecule has 1 saturated carbocycles. The van der Waals surface area contributed by atoms with Crippen LogP contribution >= 0.6 is 0 Å². The largest absolute Gasteiger partial charge is 0.490 e. The normalized spacial score (nSPS) is 21.7. The first-order valence-electron chi connectivity index (χ1n) is 10.5. The number of alkyl halides is 3. The van der Waals surface area contributed by atoms with Gasteiger partial charge >= 0.3 is 12.1 Å². The molecule has 0 radical (unpaired) electrons. The lowest BCUT2D eigenvalue weighted by molar-refractivity contribution is -0.192. The van der Waals surface area contributed by atoms with Crippen molar-refractivity contribution in [1.29, 1.82) is 0 Å². The van der Waals surface area contributed by atoms with Gasteiger partial charge in [0.15, 0.2) is 0 Å². The van der Waals surface area contributed by atoms with Crippen LogP contribution in [0.5, 0.6) is 0 Å². The highest BCUT2D eigenvalue weighted by atomic mass is 19.4. The van der Waals surface area contributed by atoms with E-state index in [0.29, 0.717) is 23.9 Å². The van der Waals surface area contributed by atoms with E-state index in [1.807, 2.05) is 4.90 Å². The maximum Gasteiger partial charge on any atom is 0.490 e. The molecule has 32 heavy (non-hydrogen) atoms. The topological polar surface area (TPSA) is 109 Å². The molecule has 0 bridgehead atoms. The molecule has 11 heteroatoms. The first-order valence-corrected chi connectivity index (χ1v) is 10.5. The highest BCUT2D eigenvalue weighted by Crippen LogP contribution is 2.43. The van der Waals surface area contributed by atoms with Gasteiger partial charge in [0.25, 0.3) is 5.91 Å². The number of aromatic nitrogens is 1. The molecular weight excluding hydrogens is 431 g/mol. The van der Waals surface area contributed by atoms with E-state index in [9.17, 15) is 22.8 Å². The average Bonchev–Trinajstić information content (AvgIpc) is 3.09. The summed E-state index contributed by atoms with van der Waals surface area (Å²) in [6.45, 7) is 2.83. The van der Waals surface area contributed by atoms with Crippen molar-refractivity contribution in [2.75, 3.05) is 26.2 Å². The van der Waals surface area contributed by atoms with Crippen LogP contribution in [0.2, 0.25) is 0 Å². The Hall–Kier alpha value is -2.69. The van der Waals surface area contributed by atoms with Crippen LogP contribution in [0.25, 0.3) is 0 Å². The minimum atomic E-state index is -5.08. The van der Waals surface area contributed by atoms with Crippen LogP contribution in [0.3, 0.4) is 0 Å². The van der Waals surface area contributed by atoms with E-state index in [1.165, 1.54) is 6.42 Å². The number of nitrogens with zero attached hydrogens (tertiary/aromatic N) is 2. The number of aliphatic carboxylic acids is 1. The van der Waals surface area contributed by atoms with Gasteiger partial charge in [-0.05, 0) is 43.7 Å². The van der Waals surface area contributed by atoms with Crippen LogP contribution < -0.4 is 5.32 Å². The van der Waals surface area contributed by atoms with Gasteiger partial charge in [-0.2, -0.15) is 13.2 Å². The van der Waals surface area contributed by atoms with Gasteiger partial charge < -0.3 is 20.1 Å². The Morgan fingerprint density at radius 3 is 2.47 bits per heavy atom. The van der Waals surface area contributed by atoms with E-state index in [4.69, 9.17) is 14.6 Å². The Labute approximate surface area is 183 Å². The molecule has 2 aliphatic heterocycles. The Bertz CT molecular complexity index is 824. The molecule has 8 nitrogen and oxygen atoms in total. The van der Waals surface area contributed by atoms with Gasteiger partial charge in [-0.3, -0.25) is 14.6 Å². The van der Waals surface area contributed by atoms with Gasteiger partial charge in [0.1, 0.15) is 5.60 Å². The molecule has 1 aliphatic carbocycles. The van der Waals surface area contributed by atoms with Gasteiger partial charge in [0.05, 0.1) is 18.7 Å². The molecule has 3 fully saturated rings. The van der Waals surface area contributed by atoms with E-state index < -0.39 is 12.1 Å². The van der Waals surface area contributed by atoms with Crippen LogP contribution in [0.15, 0.2) is 24.5 Å². The van der Waals surface area contributed by atoms with Crippen molar-refractivity contribution in [3.05, 3.63) is 30.1 Å². The Balaban J connectivity index is 0.000000360. The fourth-order valence-corrected chi connectivity index (χ4v) is 4.17. The quantitative estimate of drug-likeness (QED) is 0.702. The standard InChI is InChI=1S/C19H25N3O3.C2HF3O2/c23-17(15-5-2-8-20-11-15)21-9-6-16-7-10-25-19(16)12-22(13-19)18(24)14-3-1-4-14;3-2(4,5)1(6)7/h2,5,8,11,14,16H,1,3-4,6-7,9-10,12-13H2,(H,21,23);(H,6,7). The molecule has 176 valence electrons. The number of carbonyl (C=O) groups is 3. The molecule has 1 unspecified atom stereocenters. The summed E-state index contributed by atoms with van der Waals surface area (Å²) in [5.41, 5.74) is 0.416. The molecular formula is C21H26F3N3O5. The average molecular weight is 457 g/mol. The van der Waals surface area contributed by atoms with Gasteiger partial charge in [-0.15, -0.1) is 0 Å². The van der Waals surface area contributed by atoms with Crippen LogP contribution in [0.1, 0.15) is 42.5 Å². The molecule has 3 aliphatic rings. The summed E-state index contributed by atoms with van der Waals surface area (Å²) in [6, 6.07) is 3.52. The fraction of sp³-hybridized carbons (Fsp3) is 0.619. The lowest BCUT2D eigenvalue weighted by Gasteiger charge is -2.51. The van der Waals surface area contributed by atoms with Crippen molar-refractivity contribution in [1.82, 2.24) is 15.2 Å². The predicted molar refractivity (Wildman–Crippen MR) is 106 cm³/mol. The Morgan fingerprint density at radius 1 is 1.25 bits per heavy atom. The summed E-state index contributed by atoms with van der Waals surface area (Å²) < 4.78 is 37.8. The second-order valence-corrected chi connectivity index (χ2v) is 8.31. The van der Waals surface area contributed by atoms with Crippen LogP contribution in [0.4, 0.5) is 13.2 Å². The molecule has 3 heterocycles. The number of nitrogens with one attached hydrogen (secondary N) is 1. The molecule has 1 atom stereocenters. The first kappa shape index (κ1) is 24.0. The first-order chi connectivity index (χ1) is 15.1. The van der Waals surface area contributed by atoms with E-state index in [2.05, 4.69) is 10.3 Å². The number of hydrogen-bond acceptors (Lipinski definition) is 5. The monoisotopic (exact) mass is 457 g/mol. The maximum absolute atomic E-state index is 12.3. The number of carboxylic acid groups (broad SMARTS) is 1. The number of likely N-dealkylation sites (tertiary alicyclic amines) is 1. The minimum Gasteiger partial charge on any atom is -0.475 e.